The number of nitrogens with one attached hydrogen (secondary N) is 1. The molecule has 1 N–H and O–H groups in total. The molecular formula is C22H23N3O2. The van der Waals surface area contributed by atoms with Crippen LogP contribution in [0.3, 0.4) is 0 Å². The molecule has 3 aromatic rings. The van der Waals surface area contributed by atoms with E-state index in [0.29, 0.717) is 5.69 Å². The summed E-state index contributed by atoms with van der Waals surface area (Å²) in [5, 5.41) is 7.34. The molecule has 0 saturated heterocycles. The van der Waals surface area contributed by atoms with Crippen LogP contribution in [0.5, 0.6) is 0 Å². The Morgan fingerprint density at radius 1 is 1.07 bits per heavy atom. The molecule has 3 rings (SSSR count). The lowest BCUT2D eigenvalue weighted by Crippen LogP contribution is -2.33. The van der Waals surface area contributed by atoms with Crippen LogP contribution in [0.15, 0.2) is 65.5 Å². The van der Waals surface area contributed by atoms with Crippen molar-refractivity contribution in [3.8, 4) is 11.3 Å². The first-order valence-corrected chi connectivity index (χ1v) is 9.05. The lowest BCUT2D eigenvalue weighted by molar-refractivity contribution is -0.119. The third-order valence-electron chi connectivity index (χ3n) is 4.57. The number of nitrogens with zero attached hydrogens (tertiary/aromatic N) is 2. The molecule has 0 spiro atoms. The van der Waals surface area contributed by atoms with Crippen LogP contribution in [0.4, 0.5) is 5.69 Å². The summed E-state index contributed by atoms with van der Waals surface area (Å²) in [5.74, 6) is -0.272. The number of para-hydroxylation sites is 1. The van der Waals surface area contributed by atoms with Gasteiger partial charge in [0, 0.05) is 17.3 Å². The minimum Gasteiger partial charge on any atom is -0.324 e. The molecule has 0 fully saturated rings. The van der Waals surface area contributed by atoms with E-state index in [1.54, 1.807) is 13.0 Å². The molecule has 0 radical (unpaired) electrons. The molecule has 1 heterocycles. The number of hydrogen-bond donors (Lipinski definition) is 1. The van der Waals surface area contributed by atoms with Gasteiger partial charge in [0.25, 0.3) is 5.56 Å². The maximum atomic E-state index is 12.7. The van der Waals surface area contributed by atoms with Crippen LogP contribution in [0.2, 0.25) is 0 Å². The zero-order valence-electron chi connectivity index (χ0n) is 15.8. The van der Waals surface area contributed by atoms with Gasteiger partial charge in [-0.15, -0.1) is 0 Å². The monoisotopic (exact) mass is 361 g/mol. The Hall–Kier alpha value is -3.21. The summed E-state index contributed by atoms with van der Waals surface area (Å²) in [6.45, 7) is 5.72. The summed E-state index contributed by atoms with van der Waals surface area (Å²) in [7, 11) is 0. The molecule has 1 aromatic heterocycles. The van der Waals surface area contributed by atoms with Gasteiger partial charge in [-0.05, 0) is 38.0 Å². The highest BCUT2D eigenvalue weighted by atomic mass is 16.2. The van der Waals surface area contributed by atoms with Crippen molar-refractivity contribution in [2.24, 2.45) is 0 Å². The first-order valence-electron chi connectivity index (χ1n) is 9.05. The van der Waals surface area contributed by atoms with E-state index in [4.69, 9.17) is 0 Å². The molecule has 0 bridgehead atoms. The molecule has 1 atom stereocenters. The second-order valence-corrected chi connectivity index (χ2v) is 6.54. The van der Waals surface area contributed by atoms with Crippen molar-refractivity contribution in [2.75, 3.05) is 5.32 Å². The van der Waals surface area contributed by atoms with Gasteiger partial charge >= 0.3 is 0 Å². The lowest BCUT2D eigenvalue weighted by atomic mass is 10.1. The Morgan fingerprint density at radius 2 is 1.78 bits per heavy atom. The fraction of sp³-hybridized carbons (Fsp3) is 0.227. The number of hydrogen-bond acceptors (Lipinski definition) is 3. The Balaban J connectivity index is 1.88. The van der Waals surface area contributed by atoms with Gasteiger partial charge in [0.1, 0.15) is 6.04 Å². The predicted octanol–water partition coefficient (Wildman–Crippen LogP) is 3.98. The van der Waals surface area contributed by atoms with Gasteiger partial charge in [-0.1, -0.05) is 55.0 Å². The van der Waals surface area contributed by atoms with Crippen LogP contribution < -0.4 is 10.9 Å². The zero-order valence-corrected chi connectivity index (χ0v) is 15.8. The van der Waals surface area contributed by atoms with Crippen LogP contribution in [-0.4, -0.2) is 15.7 Å². The molecule has 27 heavy (non-hydrogen) atoms. The summed E-state index contributed by atoms with van der Waals surface area (Å²) < 4.78 is 1.24. The SMILES string of the molecule is CCc1ccccc1NC(=O)[C@@H](C)n1nc(-c2ccc(C)cc2)ccc1=O. The van der Waals surface area contributed by atoms with Crippen molar-refractivity contribution >= 4 is 11.6 Å². The molecule has 0 aliphatic rings. The van der Waals surface area contributed by atoms with Crippen LogP contribution in [0.1, 0.15) is 31.0 Å². The van der Waals surface area contributed by atoms with E-state index in [9.17, 15) is 9.59 Å². The molecule has 2 aromatic carbocycles. The van der Waals surface area contributed by atoms with Gasteiger partial charge in [0.2, 0.25) is 5.91 Å². The van der Waals surface area contributed by atoms with Crippen molar-refractivity contribution in [1.29, 1.82) is 0 Å². The molecule has 5 nitrogen and oxygen atoms in total. The van der Waals surface area contributed by atoms with Crippen molar-refractivity contribution in [3.05, 3.63) is 82.1 Å². The van der Waals surface area contributed by atoms with E-state index in [1.807, 2.05) is 62.4 Å². The Morgan fingerprint density at radius 3 is 2.48 bits per heavy atom. The van der Waals surface area contributed by atoms with E-state index >= 15 is 0 Å². The van der Waals surface area contributed by atoms with Gasteiger partial charge in [0.15, 0.2) is 0 Å². The van der Waals surface area contributed by atoms with E-state index in [2.05, 4.69) is 10.4 Å². The van der Waals surface area contributed by atoms with Crippen LogP contribution >= 0.6 is 0 Å². The standard InChI is InChI=1S/C22H23N3O2/c1-4-17-7-5-6-8-19(17)23-22(27)16(3)25-21(26)14-13-20(24-25)18-11-9-15(2)10-12-18/h5-14,16H,4H2,1-3H3,(H,23,27)/t16-/m1/s1. The summed E-state index contributed by atoms with van der Waals surface area (Å²) in [4.78, 5) is 25.0. The number of carbonyl (C=O) groups excluding carboxylic acids is 1. The molecule has 0 aliphatic carbocycles. The number of carbonyl (C=O) groups is 1. The van der Waals surface area contributed by atoms with Gasteiger partial charge in [-0.2, -0.15) is 5.10 Å². The smallest absolute Gasteiger partial charge is 0.267 e. The van der Waals surface area contributed by atoms with Gasteiger partial charge in [-0.3, -0.25) is 9.59 Å². The highest BCUT2D eigenvalue weighted by molar-refractivity contribution is 5.94. The second-order valence-electron chi connectivity index (χ2n) is 6.54. The normalized spacial score (nSPS) is 11.8. The predicted molar refractivity (Wildman–Crippen MR) is 108 cm³/mol. The maximum Gasteiger partial charge on any atom is 0.267 e. The summed E-state index contributed by atoms with van der Waals surface area (Å²) in [5.41, 5.74) is 4.21. The molecule has 138 valence electrons. The molecular weight excluding hydrogens is 338 g/mol. The molecule has 0 saturated carbocycles. The molecule has 0 aliphatic heterocycles. The van der Waals surface area contributed by atoms with Gasteiger partial charge < -0.3 is 5.32 Å². The Labute approximate surface area is 158 Å². The second kappa shape index (κ2) is 7.99. The van der Waals surface area contributed by atoms with Crippen LogP contribution in [-0.2, 0) is 11.2 Å². The third-order valence-corrected chi connectivity index (χ3v) is 4.57. The number of aromatic nitrogens is 2. The lowest BCUT2D eigenvalue weighted by Gasteiger charge is -2.16. The average Bonchev–Trinajstić information content (AvgIpc) is 2.69. The average molecular weight is 361 g/mol. The number of benzene rings is 2. The first-order chi connectivity index (χ1) is 13.0. The zero-order chi connectivity index (χ0) is 19.4. The number of amides is 1. The van der Waals surface area contributed by atoms with E-state index in [1.165, 1.54) is 10.7 Å². The minimum absolute atomic E-state index is 0.272. The van der Waals surface area contributed by atoms with E-state index in [0.717, 1.165) is 28.8 Å². The highest BCUT2D eigenvalue weighted by Gasteiger charge is 2.19. The van der Waals surface area contributed by atoms with Crippen molar-refractivity contribution in [1.82, 2.24) is 9.78 Å². The summed E-state index contributed by atoms with van der Waals surface area (Å²) >= 11 is 0. The van der Waals surface area contributed by atoms with Crippen molar-refractivity contribution < 1.29 is 4.79 Å². The summed E-state index contributed by atoms with van der Waals surface area (Å²) in [6.07, 6.45) is 0.811. The third kappa shape index (κ3) is 4.14. The minimum atomic E-state index is -0.729. The van der Waals surface area contributed by atoms with E-state index in [-0.39, 0.29) is 11.5 Å². The van der Waals surface area contributed by atoms with Crippen LogP contribution in [0, 0.1) is 6.92 Å². The summed E-state index contributed by atoms with van der Waals surface area (Å²) in [6, 6.07) is 17.9. The number of anilines is 1. The Kier molecular flexibility index (Phi) is 5.50. The topological polar surface area (TPSA) is 64.0 Å². The fourth-order valence-corrected chi connectivity index (χ4v) is 2.88. The maximum absolute atomic E-state index is 12.7. The number of aryl methyl sites for hydroxylation is 2. The molecule has 1 amide bonds. The molecule has 0 unspecified atom stereocenters. The van der Waals surface area contributed by atoms with Crippen LogP contribution in [0.25, 0.3) is 11.3 Å². The van der Waals surface area contributed by atoms with Crippen molar-refractivity contribution in [3.63, 3.8) is 0 Å². The van der Waals surface area contributed by atoms with Gasteiger partial charge in [0.05, 0.1) is 5.69 Å². The number of rotatable bonds is 5. The van der Waals surface area contributed by atoms with Gasteiger partial charge in [-0.25, -0.2) is 4.68 Å². The molecule has 5 heteroatoms. The van der Waals surface area contributed by atoms with Crippen molar-refractivity contribution in [2.45, 2.75) is 33.2 Å². The largest absolute Gasteiger partial charge is 0.324 e. The van der Waals surface area contributed by atoms with E-state index < -0.39 is 6.04 Å². The Bertz CT molecular complexity index is 1010. The fourth-order valence-electron chi connectivity index (χ4n) is 2.88. The highest BCUT2D eigenvalue weighted by Crippen LogP contribution is 2.19. The quantitative estimate of drug-likeness (QED) is 0.747. The first kappa shape index (κ1) is 18.6.